The molecule has 1 aromatic rings. The van der Waals surface area contributed by atoms with Gasteiger partial charge in [0.25, 0.3) is 0 Å². The molecule has 0 aliphatic carbocycles. The van der Waals surface area contributed by atoms with Crippen molar-refractivity contribution in [1.29, 1.82) is 0 Å². The highest BCUT2D eigenvalue weighted by Crippen LogP contribution is 2.29. The lowest BCUT2D eigenvalue weighted by atomic mass is 10.1. The number of benzene rings is 1. The van der Waals surface area contributed by atoms with E-state index in [0.29, 0.717) is 12.3 Å². The second kappa shape index (κ2) is 6.88. The first-order chi connectivity index (χ1) is 10.0. The fraction of sp³-hybridized carbons (Fsp3) is 0.667. The quantitative estimate of drug-likeness (QED) is 0.477. The Kier molecular flexibility index (Phi) is 5.88. The number of nitrogens with zero attached hydrogens (tertiary/aromatic N) is 3. The Bertz CT molecular complexity index is 431. The van der Waals surface area contributed by atoms with Gasteiger partial charge in [-0.25, -0.2) is 0 Å². The van der Waals surface area contributed by atoms with Crippen molar-refractivity contribution in [3.8, 4) is 0 Å². The topological polar surface area (TPSA) is 29.3 Å². The summed E-state index contributed by atoms with van der Waals surface area (Å²) in [5.41, 5.74) is 7.97. The average Bonchev–Trinajstić information content (AvgIpc) is 2.36. The van der Waals surface area contributed by atoms with Crippen LogP contribution < -0.4 is 10.6 Å². The molecule has 0 heterocycles. The second-order valence-electron chi connectivity index (χ2n) is 8.01. The highest BCUT2D eigenvalue weighted by Gasteiger charge is 2.39. The predicted molar refractivity (Wildman–Crippen MR) is 97.6 cm³/mol. The second-order valence-corrected chi connectivity index (χ2v) is 8.01. The van der Waals surface area contributed by atoms with E-state index in [4.69, 9.17) is 5.73 Å². The molecule has 0 aliphatic heterocycles. The van der Waals surface area contributed by atoms with E-state index < -0.39 is 0 Å². The van der Waals surface area contributed by atoms with Gasteiger partial charge in [0.05, 0.1) is 42.3 Å². The Morgan fingerprint density at radius 2 is 1.18 bits per heavy atom. The lowest BCUT2D eigenvalue weighted by Crippen LogP contribution is -2.64. The molecular weight excluding hydrogens is 272 g/mol. The Hall–Kier alpha value is -1.26. The van der Waals surface area contributed by atoms with Gasteiger partial charge in [0, 0.05) is 24.2 Å². The third-order valence-corrected chi connectivity index (χ3v) is 4.35. The number of nitrogen functional groups attached to an aromatic ring is 1. The van der Waals surface area contributed by atoms with Gasteiger partial charge >= 0.3 is 0 Å². The molecule has 0 saturated carbocycles. The Labute approximate surface area is 137 Å². The zero-order valence-electron chi connectivity index (χ0n) is 15.8. The Balaban J connectivity index is 3.40. The normalized spacial score (nSPS) is 15.5. The SMILES string of the molecule is CCC(N(c1ccc(N)cc1)C(CC)[N+](C)(C)C)[N+](C)(C)C. The van der Waals surface area contributed by atoms with Crippen LogP contribution >= 0.6 is 0 Å². The van der Waals surface area contributed by atoms with Gasteiger partial charge in [-0.05, 0) is 24.3 Å². The van der Waals surface area contributed by atoms with Crippen LogP contribution in [0.3, 0.4) is 0 Å². The average molecular weight is 309 g/mol. The van der Waals surface area contributed by atoms with Gasteiger partial charge in [-0.1, -0.05) is 13.8 Å². The molecule has 22 heavy (non-hydrogen) atoms. The standard InChI is InChI=1S/C18H36N4/c1-9-17(21(3,4)5)20(18(10-2)22(6,7)8)16-13-11-15(19)12-14-16/h11-14,17-18H,9-10,19H2,1-8H3/q+2. The van der Waals surface area contributed by atoms with Gasteiger partial charge in [0.2, 0.25) is 0 Å². The van der Waals surface area contributed by atoms with Crippen LogP contribution in [0.15, 0.2) is 24.3 Å². The molecule has 4 heteroatoms. The van der Waals surface area contributed by atoms with E-state index in [0.717, 1.165) is 27.5 Å². The molecule has 126 valence electrons. The summed E-state index contributed by atoms with van der Waals surface area (Å²) in [5, 5.41) is 0. The zero-order chi connectivity index (χ0) is 17.1. The van der Waals surface area contributed by atoms with E-state index in [2.05, 4.69) is 73.2 Å². The molecule has 0 aromatic heterocycles. The van der Waals surface area contributed by atoms with Gasteiger partial charge in [-0.2, -0.15) is 0 Å². The monoisotopic (exact) mass is 308 g/mol. The van der Waals surface area contributed by atoms with Crippen molar-refractivity contribution in [3.05, 3.63) is 24.3 Å². The molecule has 0 aliphatic rings. The highest BCUT2D eigenvalue weighted by molar-refractivity contribution is 5.53. The van der Waals surface area contributed by atoms with Crippen molar-refractivity contribution in [2.24, 2.45) is 0 Å². The van der Waals surface area contributed by atoms with Crippen molar-refractivity contribution in [2.45, 2.75) is 39.0 Å². The lowest BCUT2D eigenvalue weighted by Gasteiger charge is -2.49. The smallest absolute Gasteiger partial charge is 0.168 e. The molecule has 2 unspecified atom stereocenters. The Morgan fingerprint density at radius 1 is 0.818 bits per heavy atom. The predicted octanol–water partition coefficient (Wildman–Crippen LogP) is 2.96. The van der Waals surface area contributed by atoms with Gasteiger partial charge in [0.1, 0.15) is 0 Å². The highest BCUT2D eigenvalue weighted by atomic mass is 15.5. The summed E-state index contributed by atoms with van der Waals surface area (Å²) in [6, 6.07) is 8.33. The number of hydrogen-bond acceptors (Lipinski definition) is 2. The molecule has 0 bridgehead atoms. The number of quaternary nitrogens is 2. The number of anilines is 2. The third kappa shape index (κ3) is 4.37. The summed E-state index contributed by atoms with van der Waals surface area (Å²) in [7, 11) is 13.7. The molecule has 0 saturated heterocycles. The van der Waals surface area contributed by atoms with Crippen LogP contribution in [0.1, 0.15) is 26.7 Å². The fourth-order valence-electron chi connectivity index (χ4n) is 3.42. The largest absolute Gasteiger partial charge is 0.399 e. The van der Waals surface area contributed by atoms with Crippen LogP contribution in [0, 0.1) is 0 Å². The zero-order valence-corrected chi connectivity index (χ0v) is 15.8. The van der Waals surface area contributed by atoms with E-state index in [1.807, 2.05) is 12.1 Å². The van der Waals surface area contributed by atoms with E-state index in [1.54, 1.807) is 0 Å². The molecule has 1 rings (SSSR count). The number of hydrogen-bond donors (Lipinski definition) is 1. The van der Waals surface area contributed by atoms with Crippen LogP contribution in [-0.2, 0) is 0 Å². The van der Waals surface area contributed by atoms with Crippen molar-refractivity contribution >= 4 is 11.4 Å². The molecule has 2 N–H and O–H groups in total. The minimum atomic E-state index is 0.422. The van der Waals surface area contributed by atoms with Crippen molar-refractivity contribution in [2.75, 3.05) is 52.9 Å². The fourth-order valence-corrected chi connectivity index (χ4v) is 3.42. The summed E-state index contributed by atoms with van der Waals surface area (Å²) in [4.78, 5) is 2.60. The van der Waals surface area contributed by atoms with Crippen LogP contribution in [0.5, 0.6) is 0 Å². The van der Waals surface area contributed by atoms with Crippen molar-refractivity contribution in [3.63, 3.8) is 0 Å². The summed E-state index contributed by atoms with van der Waals surface area (Å²) in [6.45, 7) is 4.56. The van der Waals surface area contributed by atoms with Gasteiger partial charge in [0.15, 0.2) is 12.3 Å². The minimum absolute atomic E-state index is 0.422. The first-order valence-electron chi connectivity index (χ1n) is 8.28. The first-order valence-corrected chi connectivity index (χ1v) is 8.28. The maximum Gasteiger partial charge on any atom is 0.168 e. The third-order valence-electron chi connectivity index (χ3n) is 4.35. The van der Waals surface area contributed by atoms with Gasteiger partial charge in [-0.3, -0.25) is 4.90 Å². The van der Waals surface area contributed by atoms with E-state index in [9.17, 15) is 0 Å². The van der Waals surface area contributed by atoms with E-state index in [-0.39, 0.29) is 0 Å². The van der Waals surface area contributed by atoms with E-state index >= 15 is 0 Å². The molecule has 0 amide bonds. The summed E-state index contributed by atoms with van der Waals surface area (Å²) in [5.74, 6) is 0. The van der Waals surface area contributed by atoms with Crippen LogP contribution in [0.25, 0.3) is 0 Å². The molecular formula is C18H36N4+2. The molecule has 0 radical (unpaired) electrons. The van der Waals surface area contributed by atoms with Crippen LogP contribution in [-0.4, -0.2) is 63.6 Å². The Morgan fingerprint density at radius 3 is 1.45 bits per heavy atom. The van der Waals surface area contributed by atoms with Crippen molar-refractivity contribution in [1.82, 2.24) is 0 Å². The summed E-state index contributed by atoms with van der Waals surface area (Å²) in [6.07, 6.45) is 3.05. The lowest BCUT2D eigenvalue weighted by molar-refractivity contribution is -0.918. The van der Waals surface area contributed by atoms with Gasteiger partial charge in [-0.15, -0.1) is 0 Å². The molecule has 0 spiro atoms. The first kappa shape index (κ1) is 18.8. The minimum Gasteiger partial charge on any atom is -0.399 e. The summed E-state index contributed by atoms with van der Waals surface area (Å²) < 4.78 is 1.83. The molecule has 0 fully saturated rings. The van der Waals surface area contributed by atoms with Crippen LogP contribution in [0.2, 0.25) is 0 Å². The van der Waals surface area contributed by atoms with Crippen molar-refractivity contribution < 1.29 is 8.97 Å². The summed E-state index contributed by atoms with van der Waals surface area (Å²) >= 11 is 0. The van der Waals surface area contributed by atoms with E-state index in [1.165, 1.54) is 5.69 Å². The molecule has 1 aromatic carbocycles. The van der Waals surface area contributed by atoms with Crippen LogP contribution in [0.4, 0.5) is 11.4 Å². The molecule has 2 atom stereocenters. The molecule has 4 nitrogen and oxygen atoms in total. The number of nitrogens with two attached hydrogens (primary N) is 1. The maximum atomic E-state index is 5.89. The van der Waals surface area contributed by atoms with Gasteiger partial charge < -0.3 is 14.7 Å². The maximum absolute atomic E-state index is 5.89. The number of rotatable bonds is 7.